The van der Waals surface area contributed by atoms with Gasteiger partial charge in [-0.05, 0) is 130 Å². The third-order valence-corrected chi connectivity index (χ3v) is 15.6. The van der Waals surface area contributed by atoms with Gasteiger partial charge in [-0.3, -0.25) is 28.1 Å². The summed E-state index contributed by atoms with van der Waals surface area (Å²) >= 11 is 0. The van der Waals surface area contributed by atoms with Gasteiger partial charge in [-0.25, -0.2) is 23.1 Å². The number of H-pyrrole nitrogens is 1. The zero-order valence-electron chi connectivity index (χ0n) is 36.8. The highest BCUT2D eigenvalue weighted by atomic mass is 19.1. The molecule has 8 heterocycles. The van der Waals surface area contributed by atoms with Gasteiger partial charge in [-0.2, -0.15) is 10.2 Å². The molecule has 3 aliphatic heterocycles. The van der Waals surface area contributed by atoms with Crippen LogP contribution in [0.3, 0.4) is 0 Å². The van der Waals surface area contributed by atoms with E-state index < -0.39 is 28.8 Å². The average molecular weight is 893 g/mol. The number of aromatic nitrogens is 9. The molecule has 4 fully saturated rings. The minimum Gasteiger partial charge on any atom is -0.375 e. The number of hydrogen-bond donors (Lipinski definition) is 1. The van der Waals surface area contributed by atoms with Gasteiger partial charge in [-0.1, -0.05) is 18.1 Å². The van der Waals surface area contributed by atoms with E-state index in [1.54, 1.807) is 60.7 Å². The highest BCUT2D eigenvalue weighted by molar-refractivity contribution is 6.00. The van der Waals surface area contributed by atoms with Crippen LogP contribution in [0.2, 0.25) is 0 Å². The summed E-state index contributed by atoms with van der Waals surface area (Å²) in [5, 5.41) is 14.8. The molecule has 8 aromatic rings. The zero-order chi connectivity index (χ0) is 45.1. The second-order valence-corrected chi connectivity index (χ2v) is 19.5. The Morgan fingerprint density at radius 2 is 1.70 bits per heavy atom. The molecule has 66 heavy (non-hydrogen) atoms. The topological polar surface area (TPSA) is 156 Å². The van der Waals surface area contributed by atoms with Crippen molar-refractivity contribution in [3.8, 4) is 17.2 Å². The van der Waals surface area contributed by atoms with Gasteiger partial charge in [0.05, 0.1) is 45.8 Å². The number of amides is 1. The van der Waals surface area contributed by atoms with Crippen LogP contribution >= 0.6 is 0 Å². The first-order valence-corrected chi connectivity index (χ1v) is 22.8. The van der Waals surface area contributed by atoms with E-state index >= 15 is 13.6 Å². The van der Waals surface area contributed by atoms with Crippen molar-refractivity contribution in [3.63, 3.8) is 0 Å². The predicted molar refractivity (Wildman–Crippen MR) is 238 cm³/mol. The Bertz CT molecular complexity index is 3490. The van der Waals surface area contributed by atoms with Crippen molar-refractivity contribution in [2.24, 2.45) is 13.0 Å². The van der Waals surface area contributed by atoms with Crippen LogP contribution in [-0.2, 0) is 23.7 Å². The number of imidazole rings is 1. The van der Waals surface area contributed by atoms with Gasteiger partial charge in [-0.15, -0.1) is 0 Å². The van der Waals surface area contributed by atoms with E-state index in [-0.39, 0.29) is 40.4 Å². The highest BCUT2D eigenvalue weighted by Crippen LogP contribution is 2.57. The van der Waals surface area contributed by atoms with Crippen molar-refractivity contribution in [3.05, 3.63) is 139 Å². The molecule has 0 radical (unpaired) electrons. The van der Waals surface area contributed by atoms with E-state index in [0.717, 1.165) is 48.9 Å². The van der Waals surface area contributed by atoms with E-state index in [1.165, 1.54) is 27.1 Å². The van der Waals surface area contributed by atoms with Gasteiger partial charge in [0.25, 0.3) is 5.91 Å². The summed E-state index contributed by atoms with van der Waals surface area (Å²) in [5.74, 6) is -0.659. The first-order chi connectivity index (χ1) is 31.8. The van der Waals surface area contributed by atoms with Gasteiger partial charge in [0, 0.05) is 55.0 Å². The Hall–Kier alpha value is -6.88. The number of aryl methyl sites for hydroxylation is 3. The molecule has 0 unspecified atom stereocenters. The van der Waals surface area contributed by atoms with Crippen LogP contribution in [0.25, 0.3) is 39.0 Å². The highest BCUT2D eigenvalue weighted by Gasteiger charge is 2.60. The summed E-state index contributed by atoms with van der Waals surface area (Å²) in [6.45, 7) is 6.18. The molecule has 2 saturated carbocycles. The smallest absolute Gasteiger partial charge is 0.375 e. The van der Waals surface area contributed by atoms with Crippen molar-refractivity contribution in [1.82, 2.24) is 48.3 Å². The molecule has 2 aliphatic carbocycles. The number of carbonyl (C=O) groups excluding carboxylic acids is 1. The van der Waals surface area contributed by atoms with E-state index in [0.29, 0.717) is 76.8 Å². The maximum absolute atomic E-state index is 16.2. The number of aromatic amines is 1. The van der Waals surface area contributed by atoms with Gasteiger partial charge in [0.1, 0.15) is 22.9 Å². The fourth-order valence-electron chi connectivity index (χ4n) is 12.0. The van der Waals surface area contributed by atoms with Crippen LogP contribution in [0.5, 0.6) is 0 Å². The molecular weight excluding hydrogens is 847 g/mol. The number of ether oxygens (including phenoxy) is 1. The summed E-state index contributed by atoms with van der Waals surface area (Å²) in [4.78, 5) is 47.8. The first-order valence-electron chi connectivity index (χ1n) is 22.8. The third-order valence-electron chi connectivity index (χ3n) is 15.6. The lowest BCUT2D eigenvalue weighted by Gasteiger charge is -2.35. The quantitative estimate of drug-likeness (QED) is 0.174. The number of halogens is 2. The molecule has 2 bridgehead atoms. The lowest BCUT2D eigenvalue weighted by molar-refractivity contribution is -0.0132. The fourth-order valence-corrected chi connectivity index (χ4v) is 12.0. The Balaban J connectivity index is 0.969. The van der Waals surface area contributed by atoms with E-state index in [9.17, 15) is 9.59 Å². The van der Waals surface area contributed by atoms with Crippen molar-refractivity contribution >= 4 is 27.7 Å². The van der Waals surface area contributed by atoms with Crippen LogP contribution in [0.15, 0.2) is 81.2 Å². The second-order valence-electron chi connectivity index (χ2n) is 19.5. The van der Waals surface area contributed by atoms with E-state index in [4.69, 9.17) is 14.4 Å². The zero-order valence-corrected chi connectivity index (χ0v) is 36.8. The molecule has 1 spiro atoms. The van der Waals surface area contributed by atoms with E-state index in [1.807, 2.05) is 11.0 Å². The summed E-state index contributed by atoms with van der Waals surface area (Å²) in [6.07, 6.45) is 11.0. The molecular formula is C49H46F2N10O5. The Labute approximate surface area is 375 Å². The van der Waals surface area contributed by atoms with Crippen molar-refractivity contribution in [1.29, 1.82) is 0 Å². The van der Waals surface area contributed by atoms with Crippen LogP contribution in [0.4, 0.5) is 8.78 Å². The SMILES string of the molecule is Cc1cc(-n2nc3c(c2-n2ccn(-c4ccc5c(cnn5C)c4F)c2=O)[C@@H]2CC[C@H](C3)N2C(=O)c2cc3cc([C@@H]4CCOC5(CC5)C4)ccc3n2[C@@]2(c3noc(=O)[nH]3)C[C@H]2C)cc(C)c1F. The largest absolute Gasteiger partial charge is 0.438 e. The van der Waals surface area contributed by atoms with Crippen LogP contribution in [-0.4, -0.2) is 72.5 Å². The number of rotatable bonds is 7. The van der Waals surface area contributed by atoms with Crippen molar-refractivity contribution in [2.45, 2.75) is 101 Å². The number of benzene rings is 3. The predicted octanol–water partition coefficient (Wildman–Crippen LogP) is 7.34. The molecule has 2 saturated heterocycles. The molecule has 17 heteroatoms. The second kappa shape index (κ2) is 13.6. The molecule has 3 aromatic carbocycles. The van der Waals surface area contributed by atoms with Gasteiger partial charge < -0.3 is 14.2 Å². The Morgan fingerprint density at radius 1 is 0.924 bits per heavy atom. The molecule has 5 aliphatic rings. The minimum absolute atomic E-state index is 0.0111. The molecule has 15 nitrogen and oxygen atoms in total. The number of nitrogens with zero attached hydrogens (tertiary/aromatic N) is 9. The average Bonchev–Trinajstić information content (AvgIpc) is 3.70. The lowest BCUT2D eigenvalue weighted by Crippen LogP contribution is -2.43. The van der Waals surface area contributed by atoms with E-state index in [2.05, 4.69) is 44.9 Å². The summed E-state index contributed by atoms with van der Waals surface area (Å²) in [7, 11) is 1.73. The molecule has 336 valence electrons. The monoisotopic (exact) mass is 892 g/mol. The lowest BCUT2D eigenvalue weighted by atomic mass is 9.87. The van der Waals surface area contributed by atoms with Crippen LogP contribution < -0.4 is 11.4 Å². The number of nitrogens with one attached hydrogen (secondary N) is 1. The molecule has 5 atom stereocenters. The number of hydrogen-bond acceptors (Lipinski definition) is 8. The standard InChI is InChI=1S/C49H46F2N10O5/c1-25-17-32(18-26(2)41(25)50)61-43(58-15-14-57(47(58)64)38-10-9-36-33(42(38)51)24-52-56(36)4)40-34(54-61)21-31-6-8-37(40)59(31)44(62)39-20-30-19-28(29-11-16-65-48(23-29)12-13-48)5-7-35(30)60(39)49(22-27(49)3)45-53-46(63)66-55-45/h5,7,9-10,14-15,17-20,24,27,29,31,37H,6,8,11-13,16,21-23H2,1-4H3,(H,53,55,63)/t27-,29-,31-,37+,49+/m1/s1. The third kappa shape index (κ3) is 5.48. The minimum atomic E-state index is -0.837. The first kappa shape index (κ1) is 39.5. The maximum atomic E-state index is 16.2. The normalized spacial score (nSPS) is 23.9. The Morgan fingerprint density at radius 3 is 2.44 bits per heavy atom. The maximum Gasteiger partial charge on any atom is 0.438 e. The summed E-state index contributed by atoms with van der Waals surface area (Å²) in [5.41, 5.74) is 4.58. The number of fused-ring (bicyclic) bond motifs is 6. The summed E-state index contributed by atoms with van der Waals surface area (Å²) < 4.78 is 50.7. The molecule has 5 aromatic heterocycles. The Kier molecular flexibility index (Phi) is 8.13. The van der Waals surface area contributed by atoms with Crippen LogP contribution in [0, 0.1) is 31.4 Å². The fraction of sp³-hybridized carbons (Fsp3) is 0.388. The molecule has 13 rings (SSSR count). The van der Waals surface area contributed by atoms with Crippen molar-refractivity contribution < 1.29 is 22.8 Å². The van der Waals surface area contributed by atoms with Gasteiger partial charge in [0.2, 0.25) is 0 Å². The van der Waals surface area contributed by atoms with Gasteiger partial charge in [0.15, 0.2) is 11.6 Å². The van der Waals surface area contributed by atoms with Crippen LogP contribution in [0.1, 0.15) is 108 Å². The van der Waals surface area contributed by atoms with Gasteiger partial charge >= 0.3 is 11.4 Å². The summed E-state index contributed by atoms with van der Waals surface area (Å²) in [6, 6.07) is 14.4. The van der Waals surface area contributed by atoms with Crippen molar-refractivity contribution in [2.75, 3.05) is 6.61 Å². The molecule has 1 amide bonds. The molecule has 1 N–H and O–H groups in total. The number of carbonyl (C=O) groups is 1.